The van der Waals surface area contributed by atoms with Crippen molar-refractivity contribution in [2.24, 2.45) is 11.7 Å². The molecule has 4 N–H and O–H groups in total. The molecule has 0 saturated carbocycles. The first-order valence-electron chi connectivity index (χ1n) is 5.34. The van der Waals surface area contributed by atoms with Crippen molar-refractivity contribution in [3.8, 4) is 0 Å². The predicted octanol–water partition coefficient (Wildman–Crippen LogP) is -0.827. The van der Waals surface area contributed by atoms with Crippen LogP contribution in [0, 0.1) is 5.92 Å². The number of amides is 1. The molecule has 0 aromatic heterocycles. The van der Waals surface area contributed by atoms with Gasteiger partial charge in [-0.15, -0.1) is 0 Å². The number of rotatable bonds is 7. The summed E-state index contributed by atoms with van der Waals surface area (Å²) in [5, 5.41) is 17.5. The summed E-state index contributed by atoms with van der Waals surface area (Å²) in [5.74, 6) is -0.0927. The second-order valence-electron chi connectivity index (χ2n) is 3.68. The lowest BCUT2D eigenvalue weighted by Gasteiger charge is -2.26. The smallest absolute Gasteiger partial charge is 0.239 e. The second-order valence-corrected chi connectivity index (χ2v) is 3.68. The number of hydrogen-bond acceptors (Lipinski definition) is 4. The van der Waals surface area contributed by atoms with E-state index in [4.69, 9.17) is 15.9 Å². The summed E-state index contributed by atoms with van der Waals surface area (Å²) in [6, 6.07) is -0.548. The standard InChI is InChI=1S/C10H22N2O3/c1-3-8(2)9(11)10(15)12(4-6-13)5-7-14/h8-9,13-14H,3-7,11H2,1-2H3. The number of nitrogens with two attached hydrogens (primary N) is 1. The molecular weight excluding hydrogens is 196 g/mol. The van der Waals surface area contributed by atoms with Gasteiger partial charge in [-0.1, -0.05) is 20.3 Å². The highest BCUT2D eigenvalue weighted by Gasteiger charge is 2.24. The molecule has 5 nitrogen and oxygen atoms in total. The molecule has 0 saturated heterocycles. The minimum Gasteiger partial charge on any atom is -0.395 e. The average molecular weight is 218 g/mol. The third-order valence-electron chi connectivity index (χ3n) is 2.59. The van der Waals surface area contributed by atoms with Gasteiger partial charge in [-0.05, 0) is 5.92 Å². The van der Waals surface area contributed by atoms with Gasteiger partial charge >= 0.3 is 0 Å². The lowest BCUT2D eigenvalue weighted by molar-refractivity contribution is -0.134. The molecule has 2 unspecified atom stereocenters. The molecule has 0 rings (SSSR count). The second kappa shape index (κ2) is 7.62. The zero-order chi connectivity index (χ0) is 11.8. The van der Waals surface area contributed by atoms with Crippen molar-refractivity contribution in [2.45, 2.75) is 26.3 Å². The summed E-state index contributed by atoms with van der Waals surface area (Å²) in [5.41, 5.74) is 5.78. The van der Waals surface area contributed by atoms with E-state index >= 15 is 0 Å². The molecule has 0 aromatic rings. The van der Waals surface area contributed by atoms with Gasteiger partial charge in [-0.25, -0.2) is 0 Å². The molecule has 5 heteroatoms. The maximum absolute atomic E-state index is 11.8. The molecule has 1 amide bonds. The Kier molecular flexibility index (Phi) is 7.29. The molecule has 0 aliphatic carbocycles. The van der Waals surface area contributed by atoms with Crippen molar-refractivity contribution in [2.75, 3.05) is 26.3 Å². The first kappa shape index (κ1) is 14.3. The van der Waals surface area contributed by atoms with E-state index in [1.165, 1.54) is 4.90 Å². The van der Waals surface area contributed by atoms with Crippen LogP contribution < -0.4 is 5.73 Å². The fraction of sp³-hybridized carbons (Fsp3) is 0.900. The molecule has 0 spiro atoms. The third kappa shape index (κ3) is 4.59. The van der Waals surface area contributed by atoms with Crippen LogP contribution in [0.15, 0.2) is 0 Å². The van der Waals surface area contributed by atoms with Crippen LogP contribution in [0.1, 0.15) is 20.3 Å². The van der Waals surface area contributed by atoms with Crippen molar-refractivity contribution >= 4 is 5.91 Å². The van der Waals surface area contributed by atoms with Gasteiger partial charge in [-0.3, -0.25) is 4.79 Å². The van der Waals surface area contributed by atoms with E-state index in [-0.39, 0.29) is 38.1 Å². The molecule has 2 atom stereocenters. The Labute approximate surface area is 90.9 Å². The number of hydrogen-bond donors (Lipinski definition) is 3. The zero-order valence-electron chi connectivity index (χ0n) is 9.52. The lowest BCUT2D eigenvalue weighted by atomic mass is 9.99. The van der Waals surface area contributed by atoms with E-state index in [0.717, 1.165) is 6.42 Å². The van der Waals surface area contributed by atoms with Gasteiger partial charge < -0.3 is 20.8 Å². The van der Waals surface area contributed by atoms with Gasteiger partial charge in [0.1, 0.15) is 0 Å². The van der Waals surface area contributed by atoms with Crippen molar-refractivity contribution in [3.63, 3.8) is 0 Å². The van der Waals surface area contributed by atoms with E-state index in [1.807, 2.05) is 13.8 Å². The number of aliphatic hydroxyl groups excluding tert-OH is 2. The van der Waals surface area contributed by atoms with E-state index in [1.54, 1.807) is 0 Å². The van der Waals surface area contributed by atoms with Crippen LogP contribution in [-0.2, 0) is 4.79 Å². The highest BCUT2D eigenvalue weighted by Crippen LogP contribution is 2.08. The van der Waals surface area contributed by atoms with E-state index < -0.39 is 6.04 Å². The molecule has 0 aliphatic heterocycles. The molecule has 0 bridgehead atoms. The zero-order valence-corrected chi connectivity index (χ0v) is 9.52. The molecule has 90 valence electrons. The number of nitrogens with zero attached hydrogens (tertiary/aromatic N) is 1. The normalized spacial score (nSPS) is 14.7. The summed E-state index contributed by atoms with van der Waals surface area (Å²) in [7, 11) is 0. The quantitative estimate of drug-likeness (QED) is 0.520. The maximum Gasteiger partial charge on any atom is 0.239 e. The fourth-order valence-corrected chi connectivity index (χ4v) is 1.28. The molecular formula is C10H22N2O3. The summed E-state index contributed by atoms with van der Waals surface area (Å²) in [6.07, 6.45) is 0.832. The number of aliphatic hydroxyl groups is 2. The van der Waals surface area contributed by atoms with Gasteiger partial charge in [0.2, 0.25) is 5.91 Å². The Morgan fingerprint density at radius 1 is 1.33 bits per heavy atom. The van der Waals surface area contributed by atoms with Crippen molar-refractivity contribution in [1.29, 1.82) is 0 Å². The Bertz CT molecular complexity index is 182. The van der Waals surface area contributed by atoms with Crippen molar-refractivity contribution < 1.29 is 15.0 Å². The van der Waals surface area contributed by atoms with Crippen LogP contribution in [0.25, 0.3) is 0 Å². The van der Waals surface area contributed by atoms with Crippen LogP contribution in [-0.4, -0.2) is 53.4 Å². The molecule has 15 heavy (non-hydrogen) atoms. The van der Waals surface area contributed by atoms with Gasteiger partial charge in [0, 0.05) is 13.1 Å². The Morgan fingerprint density at radius 3 is 2.13 bits per heavy atom. The first-order chi connectivity index (χ1) is 7.08. The summed E-state index contributed by atoms with van der Waals surface area (Å²) < 4.78 is 0. The highest BCUT2D eigenvalue weighted by molar-refractivity contribution is 5.81. The van der Waals surface area contributed by atoms with Gasteiger partial charge in [0.25, 0.3) is 0 Å². The third-order valence-corrected chi connectivity index (χ3v) is 2.59. The predicted molar refractivity (Wildman–Crippen MR) is 58.2 cm³/mol. The molecule has 0 fully saturated rings. The molecule has 0 heterocycles. The highest BCUT2D eigenvalue weighted by atomic mass is 16.3. The monoisotopic (exact) mass is 218 g/mol. The molecule has 0 aliphatic rings. The minimum atomic E-state index is -0.548. The van der Waals surface area contributed by atoms with Crippen LogP contribution in [0.4, 0.5) is 0 Å². The lowest BCUT2D eigenvalue weighted by Crippen LogP contribution is -2.48. The Balaban J connectivity index is 4.33. The first-order valence-corrected chi connectivity index (χ1v) is 5.34. The van der Waals surface area contributed by atoms with Crippen LogP contribution in [0.3, 0.4) is 0 Å². The van der Waals surface area contributed by atoms with Crippen molar-refractivity contribution in [1.82, 2.24) is 4.90 Å². The summed E-state index contributed by atoms with van der Waals surface area (Å²) in [6.45, 7) is 4.11. The number of carbonyl (C=O) groups excluding carboxylic acids is 1. The van der Waals surface area contributed by atoms with Crippen molar-refractivity contribution in [3.05, 3.63) is 0 Å². The maximum atomic E-state index is 11.8. The average Bonchev–Trinajstić information content (AvgIpc) is 2.25. The Hall–Kier alpha value is -0.650. The summed E-state index contributed by atoms with van der Waals surface area (Å²) >= 11 is 0. The summed E-state index contributed by atoms with van der Waals surface area (Å²) in [4.78, 5) is 13.2. The Morgan fingerprint density at radius 2 is 1.80 bits per heavy atom. The van der Waals surface area contributed by atoms with E-state index in [9.17, 15) is 4.79 Å². The van der Waals surface area contributed by atoms with Gasteiger partial charge in [-0.2, -0.15) is 0 Å². The van der Waals surface area contributed by atoms with Gasteiger partial charge in [0.15, 0.2) is 0 Å². The number of carbonyl (C=O) groups is 1. The minimum absolute atomic E-state index is 0.109. The van der Waals surface area contributed by atoms with Crippen LogP contribution >= 0.6 is 0 Å². The van der Waals surface area contributed by atoms with Gasteiger partial charge in [0.05, 0.1) is 19.3 Å². The van der Waals surface area contributed by atoms with Crippen LogP contribution in [0.5, 0.6) is 0 Å². The van der Waals surface area contributed by atoms with E-state index in [2.05, 4.69) is 0 Å². The SMILES string of the molecule is CCC(C)C(N)C(=O)N(CCO)CCO. The largest absolute Gasteiger partial charge is 0.395 e. The fourth-order valence-electron chi connectivity index (χ4n) is 1.28. The molecule has 0 radical (unpaired) electrons. The molecule has 0 aromatic carbocycles. The van der Waals surface area contributed by atoms with E-state index in [0.29, 0.717) is 0 Å². The van der Waals surface area contributed by atoms with Crippen LogP contribution in [0.2, 0.25) is 0 Å². The topological polar surface area (TPSA) is 86.8 Å².